The number of nitrogens with one attached hydrogen (secondary N) is 1. The molecule has 22 heavy (non-hydrogen) atoms. The van der Waals surface area contributed by atoms with Crippen LogP contribution >= 0.6 is 0 Å². The highest BCUT2D eigenvalue weighted by atomic mass is 19.4. The normalized spacial score (nSPS) is 22.2. The number of alkyl halides is 3. The number of amides is 1. The van der Waals surface area contributed by atoms with Crippen molar-refractivity contribution in [2.75, 3.05) is 19.6 Å². The minimum Gasteiger partial charge on any atom is -0.444 e. The minimum absolute atomic E-state index is 0.0269. The number of carbonyl (C=O) groups excluding carboxylic acids is 1. The number of ether oxygens (including phenoxy) is 1. The second-order valence-electron chi connectivity index (χ2n) is 7.00. The Labute approximate surface area is 130 Å². The van der Waals surface area contributed by atoms with E-state index in [1.807, 2.05) is 11.8 Å². The zero-order valence-electron chi connectivity index (χ0n) is 13.8. The monoisotopic (exact) mass is 324 g/mol. The van der Waals surface area contributed by atoms with E-state index >= 15 is 0 Å². The van der Waals surface area contributed by atoms with Gasteiger partial charge in [-0.25, -0.2) is 4.79 Å². The second kappa shape index (κ2) is 7.53. The fraction of sp³-hybridized carbons (Fsp3) is 0.933. The lowest BCUT2D eigenvalue weighted by Crippen LogP contribution is -2.47. The molecule has 1 amide bonds. The molecule has 1 N–H and O–H groups in total. The van der Waals surface area contributed by atoms with Gasteiger partial charge < -0.3 is 15.0 Å². The van der Waals surface area contributed by atoms with E-state index in [9.17, 15) is 18.0 Å². The Morgan fingerprint density at radius 3 is 2.55 bits per heavy atom. The fourth-order valence-corrected chi connectivity index (χ4v) is 2.60. The summed E-state index contributed by atoms with van der Waals surface area (Å²) < 4.78 is 42.1. The molecule has 0 spiro atoms. The molecule has 1 heterocycles. The maximum absolute atomic E-state index is 12.3. The highest BCUT2D eigenvalue weighted by Gasteiger charge is 2.31. The quantitative estimate of drug-likeness (QED) is 0.859. The van der Waals surface area contributed by atoms with Gasteiger partial charge in [0.2, 0.25) is 0 Å². The number of nitrogens with zero attached hydrogens (tertiary/aromatic N) is 1. The van der Waals surface area contributed by atoms with E-state index in [2.05, 4.69) is 5.32 Å². The molecule has 1 saturated heterocycles. The highest BCUT2D eigenvalue weighted by molar-refractivity contribution is 5.68. The van der Waals surface area contributed by atoms with Crippen LogP contribution in [0.3, 0.4) is 0 Å². The van der Waals surface area contributed by atoms with Crippen LogP contribution in [0.4, 0.5) is 18.0 Å². The summed E-state index contributed by atoms with van der Waals surface area (Å²) in [7, 11) is 0. The van der Waals surface area contributed by atoms with Gasteiger partial charge >= 0.3 is 12.3 Å². The summed E-state index contributed by atoms with van der Waals surface area (Å²) >= 11 is 0. The molecule has 0 saturated carbocycles. The van der Waals surface area contributed by atoms with Crippen molar-refractivity contribution in [2.45, 2.75) is 64.8 Å². The van der Waals surface area contributed by atoms with Gasteiger partial charge in [-0.1, -0.05) is 0 Å². The van der Waals surface area contributed by atoms with Gasteiger partial charge in [-0.2, -0.15) is 13.2 Å². The molecule has 0 radical (unpaired) electrons. The van der Waals surface area contributed by atoms with E-state index in [1.165, 1.54) is 0 Å². The van der Waals surface area contributed by atoms with Crippen molar-refractivity contribution in [2.24, 2.45) is 5.92 Å². The molecule has 2 atom stereocenters. The Morgan fingerprint density at radius 2 is 2.00 bits per heavy atom. The van der Waals surface area contributed by atoms with Gasteiger partial charge in [0.1, 0.15) is 5.60 Å². The van der Waals surface area contributed by atoms with Crippen molar-refractivity contribution in [1.82, 2.24) is 10.2 Å². The van der Waals surface area contributed by atoms with Crippen LogP contribution in [-0.2, 0) is 4.74 Å². The smallest absolute Gasteiger partial charge is 0.407 e. The summed E-state index contributed by atoms with van der Waals surface area (Å²) in [4.78, 5) is 13.6. The Bertz CT molecular complexity index is 367. The summed E-state index contributed by atoms with van der Waals surface area (Å²) in [5.74, 6) is 0.148. The van der Waals surface area contributed by atoms with Gasteiger partial charge in [0, 0.05) is 19.1 Å². The Morgan fingerprint density at radius 1 is 1.36 bits per heavy atom. The van der Waals surface area contributed by atoms with E-state index in [0.717, 1.165) is 12.8 Å². The summed E-state index contributed by atoms with van der Waals surface area (Å²) in [6, 6.07) is -0.122. The van der Waals surface area contributed by atoms with Crippen molar-refractivity contribution >= 4 is 6.09 Å². The first-order valence-corrected chi connectivity index (χ1v) is 7.75. The number of hydrogen-bond acceptors (Lipinski definition) is 3. The Kier molecular flexibility index (Phi) is 6.52. The molecule has 0 aliphatic carbocycles. The maximum atomic E-state index is 12.3. The van der Waals surface area contributed by atoms with Crippen LogP contribution in [0.5, 0.6) is 0 Å². The van der Waals surface area contributed by atoms with Crippen LogP contribution in [0, 0.1) is 5.92 Å². The number of halogens is 3. The molecule has 0 aromatic carbocycles. The Balaban J connectivity index is 2.42. The molecule has 1 rings (SSSR count). The average Bonchev–Trinajstić information content (AvgIpc) is 2.33. The third kappa shape index (κ3) is 7.87. The lowest BCUT2D eigenvalue weighted by atomic mass is 9.91. The lowest BCUT2D eigenvalue weighted by molar-refractivity contribution is -0.138. The van der Waals surface area contributed by atoms with E-state index in [1.54, 1.807) is 20.8 Å². The molecule has 7 heteroatoms. The first-order chi connectivity index (χ1) is 9.96. The Hall–Kier alpha value is -0.980. The largest absolute Gasteiger partial charge is 0.444 e. The van der Waals surface area contributed by atoms with Crippen LogP contribution in [0.1, 0.15) is 47.0 Å². The van der Waals surface area contributed by atoms with E-state index in [4.69, 9.17) is 4.74 Å². The first-order valence-electron chi connectivity index (χ1n) is 7.75. The van der Waals surface area contributed by atoms with Crippen molar-refractivity contribution in [1.29, 1.82) is 0 Å². The zero-order chi connectivity index (χ0) is 17.0. The zero-order valence-corrected chi connectivity index (χ0v) is 13.8. The van der Waals surface area contributed by atoms with Crippen LogP contribution < -0.4 is 5.32 Å². The van der Waals surface area contributed by atoms with Crippen molar-refractivity contribution in [3.8, 4) is 0 Å². The average molecular weight is 324 g/mol. The number of likely N-dealkylation sites (tertiary alicyclic amines) is 1. The molecule has 1 aliphatic rings. The first kappa shape index (κ1) is 19.1. The van der Waals surface area contributed by atoms with Crippen LogP contribution in [0.2, 0.25) is 0 Å². The number of carbonyl (C=O) groups is 1. The van der Waals surface area contributed by atoms with Gasteiger partial charge in [-0.15, -0.1) is 0 Å². The van der Waals surface area contributed by atoms with Gasteiger partial charge in [0.15, 0.2) is 0 Å². The van der Waals surface area contributed by atoms with Gasteiger partial charge in [0.05, 0.1) is 6.42 Å². The molecule has 4 nitrogen and oxygen atoms in total. The lowest BCUT2D eigenvalue weighted by Gasteiger charge is -2.36. The topological polar surface area (TPSA) is 41.6 Å². The molecule has 0 bridgehead atoms. The summed E-state index contributed by atoms with van der Waals surface area (Å²) in [5.41, 5.74) is -0.560. The SMILES string of the molecule is C[C@H](NC(=O)OC(C)(C)C)[C@@H]1CCCN(CCC(F)(F)F)C1. The van der Waals surface area contributed by atoms with E-state index < -0.39 is 24.3 Å². The van der Waals surface area contributed by atoms with Gasteiger partial charge in [-0.05, 0) is 53.0 Å². The van der Waals surface area contributed by atoms with Gasteiger partial charge in [-0.3, -0.25) is 0 Å². The third-order valence-corrected chi connectivity index (χ3v) is 3.70. The summed E-state index contributed by atoms with van der Waals surface area (Å²) in [5, 5.41) is 2.79. The van der Waals surface area contributed by atoms with Crippen molar-refractivity contribution < 1.29 is 22.7 Å². The third-order valence-electron chi connectivity index (χ3n) is 3.70. The van der Waals surface area contributed by atoms with E-state index in [0.29, 0.717) is 13.1 Å². The van der Waals surface area contributed by atoms with Crippen LogP contribution in [0.25, 0.3) is 0 Å². The highest BCUT2D eigenvalue weighted by Crippen LogP contribution is 2.24. The molecular weight excluding hydrogens is 297 g/mol. The molecular formula is C15H27F3N2O2. The summed E-state index contributed by atoms with van der Waals surface area (Å²) in [6.45, 7) is 8.53. The molecule has 0 unspecified atom stereocenters. The molecule has 1 aliphatic heterocycles. The van der Waals surface area contributed by atoms with Crippen LogP contribution in [-0.4, -0.2) is 48.4 Å². The van der Waals surface area contributed by atoms with Gasteiger partial charge in [0.25, 0.3) is 0 Å². The predicted molar refractivity (Wildman–Crippen MR) is 78.7 cm³/mol. The van der Waals surface area contributed by atoms with Crippen molar-refractivity contribution in [3.63, 3.8) is 0 Å². The predicted octanol–water partition coefficient (Wildman–Crippen LogP) is 3.56. The second-order valence-corrected chi connectivity index (χ2v) is 7.00. The molecule has 0 aromatic rings. The van der Waals surface area contributed by atoms with E-state index in [-0.39, 0.29) is 18.5 Å². The molecule has 0 aromatic heterocycles. The molecule has 1 fully saturated rings. The maximum Gasteiger partial charge on any atom is 0.407 e. The standard InChI is InChI=1S/C15H27F3N2O2/c1-11(19-13(21)22-14(2,3)4)12-6-5-8-20(10-12)9-7-15(16,17)18/h11-12H,5-10H2,1-4H3,(H,19,21)/t11-,12+/m0/s1. The van der Waals surface area contributed by atoms with Crippen molar-refractivity contribution in [3.05, 3.63) is 0 Å². The molecule has 130 valence electrons. The number of hydrogen-bond donors (Lipinski definition) is 1. The fourth-order valence-electron chi connectivity index (χ4n) is 2.60. The number of alkyl carbamates (subject to hydrolysis) is 1. The number of rotatable bonds is 4. The van der Waals surface area contributed by atoms with Crippen LogP contribution in [0.15, 0.2) is 0 Å². The summed E-state index contributed by atoms with van der Waals surface area (Å²) in [6.07, 6.45) is -3.63. The number of piperidine rings is 1. The minimum atomic E-state index is -4.12.